The van der Waals surface area contributed by atoms with Gasteiger partial charge in [-0.2, -0.15) is 4.31 Å². The van der Waals surface area contributed by atoms with E-state index in [4.69, 9.17) is 4.99 Å². The molecule has 8 heteroatoms. The average molecular weight is 450 g/mol. The van der Waals surface area contributed by atoms with Crippen molar-refractivity contribution in [3.63, 3.8) is 0 Å². The van der Waals surface area contributed by atoms with Gasteiger partial charge in [-0.1, -0.05) is 18.6 Å². The smallest absolute Gasteiger partial charge is 0.243 e. The van der Waals surface area contributed by atoms with Crippen molar-refractivity contribution in [2.24, 2.45) is 4.99 Å². The Labute approximate surface area is 188 Å². The Hall–Kier alpha value is -1.64. The van der Waals surface area contributed by atoms with Gasteiger partial charge in [0, 0.05) is 44.8 Å². The van der Waals surface area contributed by atoms with Gasteiger partial charge in [0.1, 0.15) is 0 Å². The van der Waals surface area contributed by atoms with Crippen LogP contribution in [0.4, 0.5) is 0 Å². The molecule has 2 heterocycles. The first kappa shape index (κ1) is 24.0. The van der Waals surface area contributed by atoms with E-state index in [1.807, 2.05) is 12.1 Å². The number of nitrogens with one attached hydrogen (secondary N) is 2. The number of piperidine rings is 2. The second kappa shape index (κ2) is 11.3. The van der Waals surface area contributed by atoms with Crippen LogP contribution in [0.2, 0.25) is 0 Å². The Kier molecular flexibility index (Phi) is 8.75. The fraction of sp³-hybridized carbons (Fsp3) is 0.696. The van der Waals surface area contributed by atoms with Gasteiger partial charge in [-0.25, -0.2) is 13.4 Å². The number of sulfonamides is 1. The lowest BCUT2D eigenvalue weighted by atomic mass is 10.0. The zero-order valence-electron chi connectivity index (χ0n) is 19.3. The van der Waals surface area contributed by atoms with Crippen molar-refractivity contribution >= 4 is 16.0 Å². The second-order valence-corrected chi connectivity index (χ2v) is 10.8. The number of rotatable bonds is 7. The number of hydrogen-bond donors (Lipinski definition) is 2. The molecule has 2 N–H and O–H groups in total. The molecule has 31 heavy (non-hydrogen) atoms. The maximum atomic E-state index is 13.0. The third-order valence-corrected chi connectivity index (χ3v) is 8.11. The van der Waals surface area contributed by atoms with Crippen molar-refractivity contribution in [1.82, 2.24) is 19.8 Å². The SMILES string of the molecule is CCNC(=NCc1cccc(S(=O)(=O)N2CCCCC2)c1)NC1CCN(C(C)C)CC1. The number of guanidine groups is 1. The third kappa shape index (κ3) is 6.67. The number of likely N-dealkylation sites (tertiary alicyclic amines) is 1. The summed E-state index contributed by atoms with van der Waals surface area (Å²) in [5, 5.41) is 6.90. The highest BCUT2D eigenvalue weighted by atomic mass is 32.2. The molecule has 0 atom stereocenters. The summed E-state index contributed by atoms with van der Waals surface area (Å²) in [6.07, 6.45) is 5.20. The zero-order valence-corrected chi connectivity index (χ0v) is 20.1. The molecule has 0 aromatic heterocycles. The first-order chi connectivity index (χ1) is 14.9. The minimum atomic E-state index is -3.42. The Bertz CT molecular complexity index is 826. The molecule has 0 saturated carbocycles. The molecule has 3 rings (SSSR count). The van der Waals surface area contributed by atoms with E-state index in [1.54, 1.807) is 16.4 Å². The molecule has 174 valence electrons. The summed E-state index contributed by atoms with van der Waals surface area (Å²) in [6.45, 7) is 11.2. The summed E-state index contributed by atoms with van der Waals surface area (Å²) in [5.41, 5.74) is 0.907. The molecule has 0 spiro atoms. The van der Waals surface area contributed by atoms with Crippen LogP contribution >= 0.6 is 0 Å². The standard InChI is InChI=1S/C23H39N5O2S/c1-4-24-23(26-21-11-15-27(16-12-21)19(2)3)25-18-20-9-8-10-22(17-20)31(29,30)28-13-6-5-7-14-28/h8-10,17,19,21H,4-7,11-16,18H2,1-3H3,(H2,24,25,26). The fourth-order valence-corrected chi connectivity index (χ4v) is 5.89. The van der Waals surface area contributed by atoms with E-state index < -0.39 is 10.0 Å². The van der Waals surface area contributed by atoms with E-state index in [0.29, 0.717) is 36.6 Å². The maximum Gasteiger partial charge on any atom is 0.243 e. The molecule has 2 saturated heterocycles. The van der Waals surface area contributed by atoms with Crippen molar-refractivity contribution in [1.29, 1.82) is 0 Å². The largest absolute Gasteiger partial charge is 0.357 e. The molecule has 0 amide bonds. The first-order valence-corrected chi connectivity index (χ1v) is 13.2. The van der Waals surface area contributed by atoms with Crippen molar-refractivity contribution in [3.8, 4) is 0 Å². The molecule has 0 bridgehead atoms. The van der Waals surface area contributed by atoms with Gasteiger partial charge >= 0.3 is 0 Å². The summed E-state index contributed by atoms with van der Waals surface area (Å²) in [5.74, 6) is 0.801. The quantitative estimate of drug-likeness (QED) is 0.494. The van der Waals surface area contributed by atoms with Crippen molar-refractivity contribution < 1.29 is 8.42 Å². The van der Waals surface area contributed by atoms with Crippen molar-refractivity contribution in [3.05, 3.63) is 29.8 Å². The predicted molar refractivity (Wildman–Crippen MR) is 127 cm³/mol. The number of aliphatic imine (C=N–C) groups is 1. The van der Waals surface area contributed by atoms with Crippen LogP contribution in [0.5, 0.6) is 0 Å². The molecule has 2 fully saturated rings. The van der Waals surface area contributed by atoms with Gasteiger partial charge in [0.2, 0.25) is 10.0 Å². The summed E-state index contributed by atoms with van der Waals surface area (Å²) in [7, 11) is -3.42. The summed E-state index contributed by atoms with van der Waals surface area (Å²) < 4.78 is 27.6. The van der Waals surface area contributed by atoms with E-state index in [9.17, 15) is 8.42 Å². The highest BCUT2D eigenvalue weighted by molar-refractivity contribution is 7.89. The van der Waals surface area contributed by atoms with Gasteiger partial charge in [0.25, 0.3) is 0 Å². The number of hydrogen-bond acceptors (Lipinski definition) is 4. The van der Waals surface area contributed by atoms with Gasteiger partial charge < -0.3 is 15.5 Å². The molecule has 0 radical (unpaired) electrons. The normalized spacial score (nSPS) is 20.2. The fourth-order valence-electron chi connectivity index (χ4n) is 4.30. The van der Waals surface area contributed by atoms with Gasteiger partial charge in [-0.15, -0.1) is 0 Å². The molecule has 2 aliphatic heterocycles. The summed E-state index contributed by atoms with van der Waals surface area (Å²) in [4.78, 5) is 7.63. The van der Waals surface area contributed by atoms with Crippen LogP contribution in [0.25, 0.3) is 0 Å². The third-order valence-electron chi connectivity index (χ3n) is 6.22. The van der Waals surface area contributed by atoms with Crippen LogP contribution in [0.1, 0.15) is 58.4 Å². The molecule has 1 aromatic carbocycles. The lowest BCUT2D eigenvalue weighted by Crippen LogP contribution is -2.49. The highest BCUT2D eigenvalue weighted by Crippen LogP contribution is 2.21. The lowest BCUT2D eigenvalue weighted by molar-refractivity contribution is 0.167. The molecule has 2 aliphatic rings. The summed E-state index contributed by atoms with van der Waals surface area (Å²) in [6, 6.07) is 8.25. The minimum Gasteiger partial charge on any atom is -0.357 e. The van der Waals surface area contributed by atoms with Crippen molar-refractivity contribution in [2.75, 3.05) is 32.7 Å². The van der Waals surface area contributed by atoms with Crippen LogP contribution in [0, 0.1) is 0 Å². The molecule has 0 unspecified atom stereocenters. The molecular formula is C23H39N5O2S. The molecule has 0 aliphatic carbocycles. The minimum absolute atomic E-state index is 0.376. The first-order valence-electron chi connectivity index (χ1n) is 11.8. The monoisotopic (exact) mass is 449 g/mol. The zero-order chi connectivity index (χ0) is 22.3. The highest BCUT2D eigenvalue weighted by Gasteiger charge is 2.26. The Morgan fingerprint density at radius 2 is 1.84 bits per heavy atom. The van der Waals surface area contributed by atoms with E-state index in [2.05, 4.69) is 36.3 Å². The van der Waals surface area contributed by atoms with E-state index in [0.717, 1.165) is 63.3 Å². The maximum absolute atomic E-state index is 13.0. The summed E-state index contributed by atoms with van der Waals surface area (Å²) >= 11 is 0. The Balaban J connectivity index is 1.64. The predicted octanol–water partition coefficient (Wildman–Crippen LogP) is 2.79. The van der Waals surface area contributed by atoms with E-state index in [1.165, 1.54) is 0 Å². The number of benzene rings is 1. The molecule has 7 nitrogen and oxygen atoms in total. The van der Waals surface area contributed by atoms with Gasteiger partial charge in [-0.05, 0) is 64.2 Å². The van der Waals surface area contributed by atoms with Crippen LogP contribution in [-0.4, -0.2) is 68.4 Å². The average Bonchev–Trinajstić information content (AvgIpc) is 2.79. The molecule has 1 aromatic rings. The van der Waals surface area contributed by atoms with Crippen LogP contribution in [0.3, 0.4) is 0 Å². The van der Waals surface area contributed by atoms with E-state index >= 15 is 0 Å². The Morgan fingerprint density at radius 1 is 1.13 bits per heavy atom. The number of nitrogens with zero attached hydrogens (tertiary/aromatic N) is 3. The van der Waals surface area contributed by atoms with Gasteiger partial charge in [-0.3, -0.25) is 0 Å². The Morgan fingerprint density at radius 3 is 2.48 bits per heavy atom. The van der Waals surface area contributed by atoms with E-state index in [-0.39, 0.29) is 0 Å². The topological polar surface area (TPSA) is 77.0 Å². The van der Waals surface area contributed by atoms with Gasteiger partial charge in [0.15, 0.2) is 5.96 Å². The van der Waals surface area contributed by atoms with Crippen LogP contribution < -0.4 is 10.6 Å². The van der Waals surface area contributed by atoms with Crippen LogP contribution in [0.15, 0.2) is 34.2 Å². The van der Waals surface area contributed by atoms with Crippen molar-refractivity contribution in [2.45, 2.75) is 76.4 Å². The van der Waals surface area contributed by atoms with Crippen LogP contribution in [-0.2, 0) is 16.6 Å². The van der Waals surface area contributed by atoms with Gasteiger partial charge in [0.05, 0.1) is 11.4 Å². The second-order valence-electron chi connectivity index (χ2n) is 8.86. The lowest BCUT2D eigenvalue weighted by Gasteiger charge is -2.35. The molecular weight excluding hydrogens is 410 g/mol.